The van der Waals surface area contributed by atoms with Crippen molar-refractivity contribution in [1.82, 2.24) is 9.88 Å². The van der Waals surface area contributed by atoms with Crippen LogP contribution in [0.5, 0.6) is 0 Å². The largest absolute Gasteiger partial charge is 0.344 e. The summed E-state index contributed by atoms with van der Waals surface area (Å²) in [5.74, 6) is -0.402. The second-order valence-corrected chi connectivity index (χ2v) is 4.72. The predicted molar refractivity (Wildman–Crippen MR) is 65.5 cm³/mol. The molecule has 1 aromatic heterocycles. The smallest absolute Gasteiger partial charge is 0.247 e. The van der Waals surface area contributed by atoms with Gasteiger partial charge in [0.25, 0.3) is 0 Å². The van der Waals surface area contributed by atoms with Crippen molar-refractivity contribution in [1.29, 1.82) is 0 Å². The standard InChI is InChI=1S/C11H11BrFN3O/c1-16-3-2-10(11(16)17)15-5-7-4-8(12)9(13)6-14-7/h4-6,10H,2-3H2,1H3. The van der Waals surface area contributed by atoms with Crippen LogP contribution in [0, 0.1) is 5.82 Å². The van der Waals surface area contributed by atoms with Crippen molar-refractivity contribution < 1.29 is 9.18 Å². The fourth-order valence-corrected chi connectivity index (χ4v) is 1.95. The van der Waals surface area contributed by atoms with E-state index in [0.717, 1.165) is 12.7 Å². The number of pyridine rings is 1. The van der Waals surface area contributed by atoms with E-state index in [2.05, 4.69) is 25.9 Å². The van der Waals surface area contributed by atoms with E-state index < -0.39 is 5.82 Å². The summed E-state index contributed by atoms with van der Waals surface area (Å²) in [5.41, 5.74) is 0.528. The summed E-state index contributed by atoms with van der Waals surface area (Å²) >= 11 is 3.07. The third kappa shape index (κ3) is 2.69. The van der Waals surface area contributed by atoms with E-state index in [4.69, 9.17) is 0 Å². The molecule has 1 saturated heterocycles. The molecule has 1 aliphatic rings. The first-order valence-corrected chi connectivity index (χ1v) is 5.96. The molecule has 1 aliphatic heterocycles. The van der Waals surface area contributed by atoms with E-state index in [0.29, 0.717) is 16.6 Å². The number of halogens is 2. The zero-order chi connectivity index (χ0) is 12.4. The summed E-state index contributed by atoms with van der Waals surface area (Å²) in [6, 6.07) is 1.20. The third-order valence-electron chi connectivity index (χ3n) is 2.62. The van der Waals surface area contributed by atoms with Gasteiger partial charge in [-0.05, 0) is 28.4 Å². The van der Waals surface area contributed by atoms with Crippen LogP contribution in [0.15, 0.2) is 21.7 Å². The molecule has 2 heterocycles. The molecule has 0 N–H and O–H groups in total. The van der Waals surface area contributed by atoms with Crippen LogP contribution in [0.2, 0.25) is 0 Å². The zero-order valence-corrected chi connectivity index (χ0v) is 10.8. The number of carbonyl (C=O) groups is 1. The lowest BCUT2D eigenvalue weighted by atomic mass is 10.2. The number of aromatic nitrogens is 1. The Morgan fingerprint density at radius 3 is 3.06 bits per heavy atom. The maximum atomic E-state index is 12.9. The van der Waals surface area contributed by atoms with Crippen molar-refractivity contribution in [2.24, 2.45) is 4.99 Å². The summed E-state index contributed by atoms with van der Waals surface area (Å²) in [5, 5.41) is 0. The molecule has 1 atom stereocenters. The van der Waals surface area contributed by atoms with Gasteiger partial charge in [-0.1, -0.05) is 0 Å². The van der Waals surface area contributed by atoms with E-state index >= 15 is 0 Å². The summed E-state index contributed by atoms with van der Waals surface area (Å²) < 4.78 is 13.3. The maximum Gasteiger partial charge on any atom is 0.247 e. The van der Waals surface area contributed by atoms with Gasteiger partial charge in [0.05, 0.1) is 16.4 Å². The van der Waals surface area contributed by atoms with E-state index in [1.807, 2.05) is 0 Å². The number of nitrogens with zero attached hydrogens (tertiary/aromatic N) is 3. The SMILES string of the molecule is CN1CCC(N=Cc2cc(Br)c(F)cn2)C1=O. The highest BCUT2D eigenvalue weighted by Crippen LogP contribution is 2.15. The molecule has 0 aliphatic carbocycles. The first kappa shape index (κ1) is 12.2. The molecule has 0 radical (unpaired) electrons. The fraction of sp³-hybridized carbons (Fsp3) is 0.364. The summed E-state index contributed by atoms with van der Waals surface area (Å²) in [4.78, 5) is 21.3. The summed E-state index contributed by atoms with van der Waals surface area (Å²) in [7, 11) is 1.75. The summed E-state index contributed by atoms with van der Waals surface area (Å²) in [6.07, 6.45) is 3.34. The number of hydrogen-bond acceptors (Lipinski definition) is 3. The minimum Gasteiger partial charge on any atom is -0.344 e. The van der Waals surface area contributed by atoms with Crippen molar-refractivity contribution in [3.8, 4) is 0 Å². The van der Waals surface area contributed by atoms with Crippen LogP contribution in [0.25, 0.3) is 0 Å². The highest BCUT2D eigenvalue weighted by Gasteiger charge is 2.27. The van der Waals surface area contributed by atoms with Gasteiger partial charge in [0.2, 0.25) is 5.91 Å². The molecule has 4 nitrogen and oxygen atoms in total. The number of carbonyl (C=O) groups excluding carboxylic acids is 1. The van der Waals surface area contributed by atoms with Crippen molar-refractivity contribution in [2.45, 2.75) is 12.5 Å². The maximum absolute atomic E-state index is 12.9. The molecule has 1 amide bonds. The molecule has 1 aromatic rings. The molecule has 0 bridgehead atoms. The molecule has 0 saturated carbocycles. The molecular formula is C11H11BrFN3O. The molecule has 17 heavy (non-hydrogen) atoms. The lowest BCUT2D eigenvalue weighted by molar-refractivity contribution is -0.127. The van der Waals surface area contributed by atoms with E-state index in [9.17, 15) is 9.18 Å². The number of hydrogen-bond donors (Lipinski definition) is 0. The molecule has 1 fully saturated rings. The van der Waals surface area contributed by atoms with Crippen molar-refractivity contribution >= 4 is 28.1 Å². The lowest BCUT2D eigenvalue weighted by Gasteiger charge is -2.06. The third-order valence-corrected chi connectivity index (χ3v) is 3.22. The van der Waals surface area contributed by atoms with Gasteiger partial charge < -0.3 is 4.90 Å². The quantitative estimate of drug-likeness (QED) is 0.779. The Bertz CT molecular complexity index is 478. The minimum absolute atomic E-state index is 0.0161. The summed E-state index contributed by atoms with van der Waals surface area (Å²) in [6.45, 7) is 0.724. The normalized spacial score (nSPS) is 20.5. The van der Waals surface area contributed by atoms with Crippen LogP contribution in [0.4, 0.5) is 4.39 Å². The van der Waals surface area contributed by atoms with Gasteiger partial charge in [-0.3, -0.25) is 14.8 Å². The van der Waals surface area contributed by atoms with Gasteiger partial charge in [-0.15, -0.1) is 0 Å². The highest BCUT2D eigenvalue weighted by atomic mass is 79.9. The van der Waals surface area contributed by atoms with Gasteiger partial charge in [0.15, 0.2) is 5.82 Å². The number of amides is 1. The lowest BCUT2D eigenvalue weighted by Crippen LogP contribution is -2.24. The fourth-order valence-electron chi connectivity index (χ4n) is 1.61. The Morgan fingerprint density at radius 2 is 2.47 bits per heavy atom. The van der Waals surface area contributed by atoms with E-state index in [1.165, 1.54) is 12.3 Å². The Morgan fingerprint density at radius 1 is 1.71 bits per heavy atom. The van der Waals surface area contributed by atoms with Gasteiger partial charge in [-0.2, -0.15) is 0 Å². The van der Waals surface area contributed by atoms with Crippen molar-refractivity contribution in [3.63, 3.8) is 0 Å². The van der Waals surface area contributed by atoms with Crippen LogP contribution in [0.1, 0.15) is 12.1 Å². The van der Waals surface area contributed by atoms with Gasteiger partial charge in [-0.25, -0.2) is 4.39 Å². The molecule has 0 spiro atoms. The topological polar surface area (TPSA) is 45.6 Å². The van der Waals surface area contributed by atoms with Gasteiger partial charge >= 0.3 is 0 Å². The van der Waals surface area contributed by atoms with E-state index in [1.54, 1.807) is 11.9 Å². The first-order chi connectivity index (χ1) is 8.08. The molecule has 6 heteroatoms. The molecular weight excluding hydrogens is 289 g/mol. The average Bonchev–Trinajstić information content (AvgIpc) is 2.62. The zero-order valence-electron chi connectivity index (χ0n) is 9.23. The predicted octanol–water partition coefficient (Wildman–Crippen LogP) is 1.63. The highest BCUT2D eigenvalue weighted by molar-refractivity contribution is 9.10. The van der Waals surface area contributed by atoms with Crippen LogP contribution in [0.3, 0.4) is 0 Å². The monoisotopic (exact) mass is 299 g/mol. The van der Waals surface area contributed by atoms with Crippen LogP contribution in [-0.2, 0) is 4.79 Å². The Kier molecular flexibility index (Phi) is 3.51. The number of likely N-dealkylation sites (tertiary alicyclic amines) is 1. The number of likely N-dealkylation sites (N-methyl/N-ethyl adjacent to an activating group) is 1. The van der Waals surface area contributed by atoms with Gasteiger partial charge in [0, 0.05) is 19.8 Å². The Labute approximate surface area is 107 Å². The molecule has 2 rings (SSSR count). The second-order valence-electron chi connectivity index (χ2n) is 3.87. The van der Waals surface area contributed by atoms with Crippen LogP contribution >= 0.6 is 15.9 Å². The first-order valence-electron chi connectivity index (χ1n) is 5.17. The molecule has 0 aromatic carbocycles. The Balaban J connectivity index is 2.10. The number of rotatable bonds is 2. The second kappa shape index (κ2) is 4.91. The molecule has 90 valence electrons. The average molecular weight is 300 g/mol. The Hall–Kier alpha value is -1.30. The van der Waals surface area contributed by atoms with Crippen LogP contribution < -0.4 is 0 Å². The van der Waals surface area contributed by atoms with Gasteiger partial charge in [0.1, 0.15) is 6.04 Å². The minimum atomic E-state index is -0.418. The van der Waals surface area contributed by atoms with Crippen LogP contribution in [-0.4, -0.2) is 41.6 Å². The number of aliphatic imine (C=N–C) groups is 1. The van der Waals surface area contributed by atoms with E-state index in [-0.39, 0.29) is 11.9 Å². The van der Waals surface area contributed by atoms with Crippen molar-refractivity contribution in [3.05, 3.63) is 28.2 Å². The van der Waals surface area contributed by atoms with Crippen molar-refractivity contribution in [2.75, 3.05) is 13.6 Å². The molecule has 1 unspecified atom stereocenters.